The number of nitrogens with two attached hydrogens (primary N) is 1. The van der Waals surface area contributed by atoms with Gasteiger partial charge in [-0.15, -0.1) is 0 Å². The van der Waals surface area contributed by atoms with Crippen LogP contribution in [0.25, 0.3) is 0 Å². The van der Waals surface area contributed by atoms with Gasteiger partial charge in [-0.25, -0.2) is 0 Å². The summed E-state index contributed by atoms with van der Waals surface area (Å²) in [6, 6.07) is -0.711. The maximum absolute atomic E-state index is 11.8. The van der Waals surface area contributed by atoms with Crippen LogP contribution in [-0.2, 0) is 14.4 Å². The van der Waals surface area contributed by atoms with Gasteiger partial charge in [-0.05, 0) is 20.5 Å². The molecule has 0 aromatic carbocycles. The first kappa shape index (κ1) is 16.4. The lowest BCUT2D eigenvalue weighted by molar-refractivity contribution is -0.128. The van der Waals surface area contributed by atoms with Crippen LogP contribution in [0, 0.1) is 0 Å². The highest BCUT2D eigenvalue weighted by molar-refractivity contribution is 5.87. The minimum atomic E-state index is -0.711. The van der Waals surface area contributed by atoms with E-state index < -0.39 is 11.9 Å². The van der Waals surface area contributed by atoms with Gasteiger partial charge in [-0.1, -0.05) is 0 Å². The van der Waals surface area contributed by atoms with E-state index in [0.717, 1.165) is 0 Å². The first-order valence-electron chi connectivity index (χ1n) is 5.80. The molecule has 0 bridgehead atoms. The summed E-state index contributed by atoms with van der Waals surface area (Å²) < 4.78 is 0. The number of rotatable bonds is 8. The fourth-order valence-electron chi connectivity index (χ4n) is 1.33. The SMILES string of the molecule is CC(=O)NC(CCC(N)=O)C(=O)NCCN(C)C. The van der Waals surface area contributed by atoms with Crippen LogP contribution in [0.2, 0.25) is 0 Å². The average molecular weight is 258 g/mol. The minimum Gasteiger partial charge on any atom is -0.370 e. The van der Waals surface area contributed by atoms with Crippen molar-refractivity contribution < 1.29 is 14.4 Å². The van der Waals surface area contributed by atoms with Gasteiger partial charge in [0.2, 0.25) is 17.7 Å². The fourth-order valence-corrected chi connectivity index (χ4v) is 1.33. The maximum atomic E-state index is 11.8. The standard InChI is InChI=1S/C11H22N4O3/c1-8(16)14-9(4-5-10(12)17)11(18)13-6-7-15(2)3/h9H,4-7H2,1-3H3,(H2,12,17)(H,13,18)(H,14,16). The molecule has 0 aliphatic rings. The second kappa shape index (κ2) is 8.46. The molecule has 0 fully saturated rings. The highest BCUT2D eigenvalue weighted by atomic mass is 16.2. The Labute approximate surface area is 107 Å². The van der Waals surface area contributed by atoms with Gasteiger partial charge in [0.05, 0.1) is 0 Å². The molecular weight excluding hydrogens is 236 g/mol. The molecule has 18 heavy (non-hydrogen) atoms. The Hall–Kier alpha value is -1.63. The lowest BCUT2D eigenvalue weighted by Crippen LogP contribution is -2.47. The van der Waals surface area contributed by atoms with Gasteiger partial charge >= 0.3 is 0 Å². The van der Waals surface area contributed by atoms with Crippen molar-refractivity contribution in [2.24, 2.45) is 5.73 Å². The number of amides is 3. The molecule has 0 radical (unpaired) electrons. The normalized spacial score (nSPS) is 12.0. The Bertz CT molecular complexity index is 305. The summed E-state index contributed by atoms with van der Waals surface area (Å²) in [5.41, 5.74) is 5.02. The molecular formula is C11H22N4O3. The zero-order valence-corrected chi connectivity index (χ0v) is 11.2. The molecule has 1 unspecified atom stereocenters. The fraction of sp³-hybridized carbons (Fsp3) is 0.727. The van der Waals surface area contributed by atoms with E-state index in [2.05, 4.69) is 10.6 Å². The van der Waals surface area contributed by atoms with Crippen LogP contribution in [0.4, 0.5) is 0 Å². The topological polar surface area (TPSA) is 105 Å². The number of nitrogens with zero attached hydrogens (tertiary/aromatic N) is 1. The van der Waals surface area contributed by atoms with Gasteiger partial charge in [0, 0.05) is 26.4 Å². The van der Waals surface area contributed by atoms with Gasteiger partial charge < -0.3 is 21.3 Å². The summed E-state index contributed by atoms with van der Waals surface area (Å²) in [5, 5.41) is 5.20. The van der Waals surface area contributed by atoms with Crippen molar-refractivity contribution in [3.05, 3.63) is 0 Å². The number of hydrogen-bond acceptors (Lipinski definition) is 4. The second-order valence-electron chi connectivity index (χ2n) is 4.35. The third-order valence-corrected chi connectivity index (χ3v) is 2.23. The summed E-state index contributed by atoms with van der Waals surface area (Å²) in [6.45, 7) is 2.51. The Morgan fingerprint density at radius 1 is 1.28 bits per heavy atom. The maximum Gasteiger partial charge on any atom is 0.242 e. The van der Waals surface area contributed by atoms with Crippen LogP contribution in [-0.4, -0.2) is 55.8 Å². The van der Waals surface area contributed by atoms with Crippen LogP contribution in [0.15, 0.2) is 0 Å². The van der Waals surface area contributed by atoms with Crippen molar-refractivity contribution in [3.63, 3.8) is 0 Å². The summed E-state index contributed by atoms with van der Waals surface area (Å²) in [5.74, 6) is -1.10. The van der Waals surface area contributed by atoms with Gasteiger partial charge in [-0.2, -0.15) is 0 Å². The molecule has 0 spiro atoms. The van der Waals surface area contributed by atoms with Crippen LogP contribution < -0.4 is 16.4 Å². The van der Waals surface area contributed by atoms with Crippen molar-refractivity contribution in [1.29, 1.82) is 0 Å². The van der Waals surface area contributed by atoms with Crippen LogP contribution in [0.5, 0.6) is 0 Å². The third-order valence-electron chi connectivity index (χ3n) is 2.23. The van der Waals surface area contributed by atoms with Crippen molar-refractivity contribution in [1.82, 2.24) is 15.5 Å². The number of carbonyl (C=O) groups excluding carboxylic acids is 3. The molecule has 0 aromatic heterocycles. The Morgan fingerprint density at radius 2 is 1.89 bits per heavy atom. The highest BCUT2D eigenvalue weighted by Gasteiger charge is 2.19. The molecule has 104 valence electrons. The lowest BCUT2D eigenvalue weighted by Gasteiger charge is -2.18. The van der Waals surface area contributed by atoms with E-state index in [1.807, 2.05) is 19.0 Å². The monoisotopic (exact) mass is 258 g/mol. The molecule has 3 amide bonds. The Morgan fingerprint density at radius 3 is 2.33 bits per heavy atom. The number of carbonyl (C=O) groups is 3. The van der Waals surface area contributed by atoms with E-state index >= 15 is 0 Å². The molecule has 7 nitrogen and oxygen atoms in total. The van der Waals surface area contributed by atoms with Gasteiger partial charge in [0.1, 0.15) is 6.04 Å². The van der Waals surface area contributed by atoms with Gasteiger partial charge in [0.15, 0.2) is 0 Å². The van der Waals surface area contributed by atoms with Crippen molar-refractivity contribution in [3.8, 4) is 0 Å². The molecule has 0 saturated heterocycles. The zero-order valence-electron chi connectivity index (χ0n) is 11.2. The van der Waals surface area contributed by atoms with Gasteiger partial charge in [0.25, 0.3) is 0 Å². The van der Waals surface area contributed by atoms with E-state index in [1.165, 1.54) is 6.92 Å². The molecule has 0 saturated carbocycles. The molecule has 0 aliphatic heterocycles. The summed E-state index contributed by atoms with van der Waals surface area (Å²) in [6.07, 6.45) is 0.273. The Kier molecular flexibility index (Phi) is 7.69. The smallest absolute Gasteiger partial charge is 0.242 e. The van der Waals surface area contributed by atoms with E-state index in [4.69, 9.17) is 5.73 Å². The Balaban J connectivity index is 4.21. The minimum absolute atomic E-state index is 0.0616. The van der Waals surface area contributed by atoms with Crippen LogP contribution in [0.3, 0.4) is 0 Å². The third kappa shape index (κ3) is 8.51. The van der Waals surface area contributed by atoms with Crippen molar-refractivity contribution in [2.45, 2.75) is 25.8 Å². The summed E-state index contributed by atoms with van der Waals surface area (Å²) in [4.78, 5) is 35.4. The second-order valence-corrected chi connectivity index (χ2v) is 4.35. The van der Waals surface area contributed by atoms with Crippen molar-refractivity contribution in [2.75, 3.05) is 27.2 Å². The van der Waals surface area contributed by atoms with E-state index in [-0.39, 0.29) is 24.7 Å². The molecule has 0 heterocycles. The molecule has 7 heteroatoms. The zero-order chi connectivity index (χ0) is 14.1. The first-order valence-corrected chi connectivity index (χ1v) is 5.80. The quantitative estimate of drug-likeness (QED) is 0.489. The van der Waals surface area contributed by atoms with Crippen molar-refractivity contribution >= 4 is 17.7 Å². The number of hydrogen-bond donors (Lipinski definition) is 3. The first-order chi connectivity index (χ1) is 8.32. The number of primary amides is 1. The van der Waals surface area contributed by atoms with E-state index in [1.54, 1.807) is 0 Å². The van der Waals surface area contributed by atoms with Crippen LogP contribution in [0.1, 0.15) is 19.8 Å². The van der Waals surface area contributed by atoms with Gasteiger partial charge in [-0.3, -0.25) is 14.4 Å². The summed E-state index contributed by atoms with van der Waals surface area (Å²) >= 11 is 0. The number of nitrogens with one attached hydrogen (secondary N) is 2. The van der Waals surface area contributed by atoms with Crippen LogP contribution >= 0.6 is 0 Å². The predicted molar refractivity (Wildman–Crippen MR) is 67.6 cm³/mol. The van der Waals surface area contributed by atoms with E-state index in [9.17, 15) is 14.4 Å². The molecule has 0 rings (SSSR count). The highest BCUT2D eigenvalue weighted by Crippen LogP contribution is 1.97. The average Bonchev–Trinajstić information content (AvgIpc) is 2.22. The van der Waals surface area contributed by atoms with E-state index in [0.29, 0.717) is 13.1 Å². The number of likely N-dealkylation sites (N-methyl/N-ethyl adjacent to an activating group) is 1. The lowest BCUT2D eigenvalue weighted by atomic mass is 10.1. The summed E-state index contributed by atoms with van der Waals surface area (Å²) in [7, 11) is 3.79. The predicted octanol–water partition coefficient (Wildman–Crippen LogP) is -1.57. The largest absolute Gasteiger partial charge is 0.370 e. The molecule has 0 aliphatic carbocycles. The molecule has 1 atom stereocenters. The molecule has 0 aromatic rings. The molecule has 4 N–H and O–H groups in total.